The van der Waals surface area contributed by atoms with Crippen molar-refractivity contribution < 1.29 is 8.42 Å². The normalized spacial score (nSPS) is 17.6. The third-order valence-corrected chi connectivity index (χ3v) is 7.61. The first kappa shape index (κ1) is 16.6. The largest absolute Gasteiger partial charge is 0.339 e. The van der Waals surface area contributed by atoms with Crippen molar-refractivity contribution in [2.75, 3.05) is 11.9 Å². The van der Waals surface area contributed by atoms with Crippen molar-refractivity contribution in [3.05, 3.63) is 59.9 Å². The predicted molar refractivity (Wildman–Crippen MR) is 105 cm³/mol. The lowest BCUT2D eigenvalue weighted by Gasteiger charge is -2.29. The zero-order valence-electron chi connectivity index (χ0n) is 14.8. The van der Waals surface area contributed by atoms with Gasteiger partial charge in [0.05, 0.1) is 22.7 Å². The van der Waals surface area contributed by atoms with Crippen LogP contribution in [0, 0.1) is 0 Å². The molecular formula is C20H20N4O2S. The third-order valence-electron chi connectivity index (χ3n) is 5.27. The van der Waals surface area contributed by atoms with Crippen molar-refractivity contribution in [1.29, 1.82) is 0 Å². The number of benzene rings is 1. The number of para-hydroxylation sites is 1. The van der Waals surface area contributed by atoms with Gasteiger partial charge in [0.2, 0.25) is 10.0 Å². The van der Waals surface area contributed by atoms with Gasteiger partial charge in [-0.05, 0) is 43.0 Å². The average Bonchev–Trinajstić information content (AvgIpc) is 3.54. The molecule has 138 valence electrons. The van der Waals surface area contributed by atoms with Gasteiger partial charge in [0, 0.05) is 30.2 Å². The summed E-state index contributed by atoms with van der Waals surface area (Å²) in [7, 11) is -3.15. The zero-order chi connectivity index (χ0) is 18.4. The smallest absolute Gasteiger partial charge is 0.217 e. The van der Waals surface area contributed by atoms with Crippen LogP contribution < -0.4 is 5.32 Å². The highest BCUT2D eigenvalue weighted by molar-refractivity contribution is 7.90. The minimum Gasteiger partial charge on any atom is -0.339 e. The fourth-order valence-corrected chi connectivity index (χ4v) is 5.46. The SMILES string of the molecule is O=S(=O)(C1CC1)N1CCc2c(ccnc2Nc2cnc3ccccc3c2)C1. The van der Waals surface area contributed by atoms with Crippen LogP contribution in [0.1, 0.15) is 24.0 Å². The Balaban J connectivity index is 1.43. The Hall–Kier alpha value is -2.51. The number of nitrogens with zero attached hydrogens (tertiary/aromatic N) is 3. The van der Waals surface area contributed by atoms with Crippen LogP contribution >= 0.6 is 0 Å². The number of nitrogens with one attached hydrogen (secondary N) is 1. The number of anilines is 2. The van der Waals surface area contributed by atoms with Crippen molar-refractivity contribution in [3.63, 3.8) is 0 Å². The highest BCUT2D eigenvalue weighted by Gasteiger charge is 2.41. The van der Waals surface area contributed by atoms with Gasteiger partial charge < -0.3 is 5.32 Å². The molecule has 1 aromatic carbocycles. The molecule has 1 saturated carbocycles. The van der Waals surface area contributed by atoms with E-state index in [1.807, 2.05) is 30.3 Å². The van der Waals surface area contributed by atoms with Crippen LogP contribution in [-0.4, -0.2) is 34.5 Å². The molecule has 0 unspecified atom stereocenters. The van der Waals surface area contributed by atoms with E-state index in [4.69, 9.17) is 0 Å². The molecule has 0 radical (unpaired) electrons. The quantitative estimate of drug-likeness (QED) is 0.752. The summed E-state index contributed by atoms with van der Waals surface area (Å²) in [5, 5.41) is 4.27. The first-order chi connectivity index (χ1) is 13.1. The summed E-state index contributed by atoms with van der Waals surface area (Å²) < 4.78 is 26.7. The van der Waals surface area contributed by atoms with Crippen LogP contribution in [0.3, 0.4) is 0 Å². The Morgan fingerprint density at radius 3 is 2.81 bits per heavy atom. The number of hydrogen-bond acceptors (Lipinski definition) is 5. The summed E-state index contributed by atoms with van der Waals surface area (Å²) in [4.78, 5) is 8.98. The maximum atomic E-state index is 12.5. The molecule has 6 nitrogen and oxygen atoms in total. The monoisotopic (exact) mass is 380 g/mol. The first-order valence-corrected chi connectivity index (χ1v) is 10.7. The van der Waals surface area contributed by atoms with Gasteiger partial charge in [-0.1, -0.05) is 18.2 Å². The van der Waals surface area contributed by atoms with Gasteiger partial charge in [-0.2, -0.15) is 4.31 Å². The van der Waals surface area contributed by atoms with Crippen molar-refractivity contribution in [3.8, 4) is 0 Å². The topological polar surface area (TPSA) is 75.2 Å². The van der Waals surface area contributed by atoms with Crippen molar-refractivity contribution in [2.24, 2.45) is 0 Å². The molecule has 0 spiro atoms. The van der Waals surface area contributed by atoms with Gasteiger partial charge in [-0.15, -0.1) is 0 Å². The number of rotatable bonds is 4. The minimum atomic E-state index is -3.15. The maximum absolute atomic E-state index is 12.5. The molecule has 1 aliphatic heterocycles. The van der Waals surface area contributed by atoms with Crippen molar-refractivity contribution in [2.45, 2.75) is 31.1 Å². The van der Waals surface area contributed by atoms with E-state index in [-0.39, 0.29) is 5.25 Å². The molecule has 1 aliphatic carbocycles. The van der Waals surface area contributed by atoms with E-state index in [9.17, 15) is 8.42 Å². The molecule has 7 heteroatoms. The van der Waals surface area contributed by atoms with Gasteiger partial charge in [0.1, 0.15) is 5.82 Å². The molecule has 0 amide bonds. The Labute approximate surface area is 158 Å². The Kier molecular flexibility index (Phi) is 3.87. The van der Waals surface area contributed by atoms with E-state index in [0.717, 1.165) is 46.4 Å². The van der Waals surface area contributed by atoms with Gasteiger partial charge in [0.25, 0.3) is 0 Å². The van der Waals surface area contributed by atoms with Crippen LogP contribution in [0.4, 0.5) is 11.5 Å². The lowest BCUT2D eigenvalue weighted by Crippen LogP contribution is -2.38. The fraction of sp³-hybridized carbons (Fsp3) is 0.300. The minimum absolute atomic E-state index is 0.165. The van der Waals surface area contributed by atoms with Gasteiger partial charge >= 0.3 is 0 Å². The molecule has 5 rings (SSSR count). The Morgan fingerprint density at radius 2 is 1.96 bits per heavy atom. The number of sulfonamides is 1. The highest BCUT2D eigenvalue weighted by Crippen LogP contribution is 2.35. The molecule has 1 fully saturated rings. The molecular weight excluding hydrogens is 360 g/mol. The van der Waals surface area contributed by atoms with Gasteiger partial charge in [0.15, 0.2) is 0 Å². The lowest BCUT2D eigenvalue weighted by molar-refractivity contribution is 0.390. The number of pyridine rings is 2. The fourth-order valence-electron chi connectivity index (χ4n) is 3.64. The molecule has 27 heavy (non-hydrogen) atoms. The van der Waals surface area contributed by atoms with Gasteiger partial charge in [-0.25, -0.2) is 13.4 Å². The van der Waals surface area contributed by atoms with Crippen LogP contribution in [0.5, 0.6) is 0 Å². The second kappa shape index (κ2) is 6.28. The zero-order valence-corrected chi connectivity index (χ0v) is 15.6. The molecule has 0 bridgehead atoms. The maximum Gasteiger partial charge on any atom is 0.217 e. The molecule has 3 heterocycles. The number of aromatic nitrogens is 2. The second-order valence-corrected chi connectivity index (χ2v) is 9.38. The van der Waals surface area contributed by atoms with Gasteiger partial charge in [-0.3, -0.25) is 4.98 Å². The van der Waals surface area contributed by atoms with E-state index >= 15 is 0 Å². The summed E-state index contributed by atoms with van der Waals surface area (Å²) in [6.45, 7) is 0.948. The molecule has 2 aliphatic rings. The van der Waals surface area contributed by atoms with Crippen molar-refractivity contribution >= 4 is 32.4 Å². The predicted octanol–water partition coefficient (Wildman–Crippen LogP) is 3.22. The summed E-state index contributed by atoms with van der Waals surface area (Å²) >= 11 is 0. The van der Waals surface area contributed by atoms with E-state index in [1.54, 1.807) is 16.7 Å². The summed E-state index contributed by atoms with van der Waals surface area (Å²) in [6.07, 6.45) is 5.80. The second-order valence-electron chi connectivity index (χ2n) is 7.17. The van der Waals surface area contributed by atoms with Crippen LogP contribution in [0.15, 0.2) is 48.8 Å². The lowest BCUT2D eigenvalue weighted by atomic mass is 10.0. The Bertz CT molecular complexity index is 1130. The Morgan fingerprint density at radius 1 is 1.11 bits per heavy atom. The van der Waals surface area contributed by atoms with E-state index in [0.29, 0.717) is 19.5 Å². The van der Waals surface area contributed by atoms with Crippen LogP contribution in [-0.2, 0) is 23.0 Å². The summed E-state index contributed by atoms with van der Waals surface area (Å²) in [5.41, 5.74) is 3.94. The standard InChI is InChI=1S/C20H20N4O2S/c25-27(26,17-5-6-17)24-10-8-18-15(13-24)7-9-21-20(18)23-16-11-14-3-1-2-4-19(14)22-12-16/h1-4,7,9,11-12,17H,5-6,8,10,13H2,(H,21,23). The summed E-state index contributed by atoms with van der Waals surface area (Å²) in [6, 6.07) is 12.0. The van der Waals surface area contributed by atoms with E-state index in [1.165, 1.54) is 0 Å². The average molecular weight is 380 g/mol. The molecule has 3 aromatic rings. The number of hydrogen-bond donors (Lipinski definition) is 1. The van der Waals surface area contributed by atoms with E-state index in [2.05, 4.69) is 21.4 Å². The molecule has 0 saturated heterocycles. The molecule has 2 aromatic heterocycles. The molecule has 0 atom stereocenters. The third kappa shape index (κ3) is 3.07. The first-order valence-electron chi connectivity index (χ1n) is 9.19. The number of fused-ring (bicyclic) bond motifs is 2. The molecule has 1 N–H and O–H groups in total. The van der Waals surface area contributed by atoms with Crippen LogP contribution in [0.25, 0.3) is 10.9 Å². The summed E-state index contributed by atoms with van der Waals surface area (Å²) in [5.74, 6) is 0.785. The van der Waals surface area contributed by atoms with Crippen molar-refractivity contribution in [1.82, 2.24) is 14.3 Å². The highest BCUT2D eigenvalue weighted by atomic mass is 32.2. The van der Waals surface area contributed by atoms with E-state index < -0.39 is 10.0 Å². The van der Waals surface area contributed by atoms with Crippen LogP contribution in [0.2, 0.25) is 0 Å².